The lowest BCUT2D eigenvalue weighted by molar-refractivity contribution is 0.341. The lowest BCUT2D eigenvalue weighted by Crippen LogP contribution is -2.35. The Kier molecular flexibility index (Phi) is 3.59. The molecule has 2 rings (SSSR count). The lowest BCUT2D eigenvalue weighted by Gasteiger charge is -2.29. The van der Waals surface area contributed by atoms with Gasteiger partial charge in [-0.1, -0.05) is 0 Å². The average molecular weight is 285 g/mol. The van der Waals surface area contributed by atoms with Gasteiger partial charge in [-0.25, -0.2) is 4.39 Å². The van der Waals surface area contributed by atoms with Crippen LogP contribution in [0.2, 0.25) is 0 Å². The fourth-order valence-electron chi connectivity index (χ4n) is 1.97. The highest BCUT2D eigenvalue weighted by Gasteiger charge is 2.16. The Labute approximate surface area is 103 Å². The van der Waals surface area contributed by atoms with Crippen molar-refractivity contribution in [2.75, 3.05) is 13.1 Å². The van der Waals surface area contributed by atoms with E-state index in [2.05, 4.69) is 20.8 Å². The van der Waals surface area contributed by atoms with E-state index < -0.39 is 0 Å². The van der Waals surface area contributed by atoms with Gasteiger partial charge in [-0.2, -0.15) is 0 Å². The van der Waals surface area contributed by atoms with Gasteiger partial charge >= 0.3 is 0 Å². The number of nitrogens with zero attached hydrogens (tertiary/aromatic N) is 1. The maximum Gasteiger partial charge on any atom is 0.129 e. The zero-order valence-corrected chi connectivity index (χ0v) is 10.6. The van der Waals surface area contributed by atoms with Gasteiger partial charge in [0.05, 0.1) is 0 Å². The molecule has 1 saturated heterocycles. The molecule has 1 aromatic carbocycles. The molecule has 0 atom stereocenters. The predicted octanol–water partition coefficient (Wildman–Crippen LogP) is 3.40. The third-order valence-corrected chi connectivity index (χ3v) is 3.51. The van der Waals surface area contributed by atoms with Crippen LogP contribution in [0.1, 0.15) is 24.8 Å². The van der Waals surface area contributed by atoms with Crippen molar-refractivity contribution < 1.29 is 4.39 Å². The number of hydrogen-bond acceptors (Lipinski definition) is 1. The number of halogens is 2. The smallest absolute Gasteiger partial charge is 0.129 e. The summed E-state index contributed by atoms with van der Waals surface area (Å²) in [5.74, 6) is 0.216. The highest BCUT2D eigenvalue weighted by atomic mass is 79.9. The molecule has 0 aliphatic carbocycles. The Bertz CT molecular complexity index is 400. The van der Waals surface area contributed by atoms with Gasteiger partial charge in [-0.05, 0) is 53.4 Å². The fraction of sp³-hybridized carbons (Fsp3) is 0.417. The molecule has 0 aromatic heterocycles. The van der Waals surface area contributed by atoms with Crippen LogP contribution < -0.4 is 0 Å². The number of rotatable bonds is 1. The second kappa shape index (κ2) is 4.95. The minimum absolute atomic E-state index is 0.276. The third-order valence-electron chi connectivity index (χ3n) is 2.86. The number of nitrogens with one attached hydrogen (secondary N) is 1. The Balaban J connectivity index is 2.19. The number of hydrogen-bond donors (Lipinski definition) is 1. The van der Waals surface area contributed by atoms with Crippen molar-refractivity contribution in [3.8, 4) is 0 Å². The normalized spacial score (nSPS) is 16.2. The molecule has 1 aliphatic rings. The summed E-state index contributed by atoms with van der Waals surface area (Å²) in [6, 6.07) is 4.47. The first-order chi connectivity index (χ1) is 7.68. The van der Waals surface area contributed by atoms with Crippen LogP contribution in [-0.4, -0.2) is 23.8 Å². The molecule has 0 bridgehead atoms. The lowest BCUT2D eigenvalue weighted by atomic mass is 10.1. The molecule has 86 valence electrons. The zero-order valence-electron chi connectivity index (χ0n) is 8.97. The maximum absolute atomic E-state index is 12.9. The van der Waals surface area contributed by atoms with Crippen LogP contribution in [0, 0.1) is 11.2 Å². The summed E-state index contributed by atoms with van der Waals surface area (Å²) in [5.41, 5.74) is 0.767. The molecule has 0 amide bonds. The molecule has 16 heavy (non-hydrogen) atoms. The van der Waals surface area contributed by atoms with Crippen LogP contribution in [0.3, 0.4) is 0 Å². The second-order valence-corrected chi connectivity index (χ2v) is 4.87. The summed E-state index contributed by atoms with van der Waals surface area (Å²) in [5, 5.41) is 8.11. The van der Waals surface area contributed by atoms with E-state index in [1.165, 1.54) is 18.6 Å². The van der Waals surface area contributed by atoms with Crippen molar-refractivity contribution in [2.24, 2.45) is 0 Å². The van der Waals surface area contributed by atoms with E-state index in [0.717, 1.165) is 31.5 Å². The van der Waals surface area contributed by atoms with Gasteiger partial charge in [0.2, 0.25) is 0 Å². The molecule has 0 radical (unpaired) electrons. The molecule has 1 fully saturated rings. The monoisotopic (exact) mass is 284 g/mol. The van der Waals surface area contributed by atoms with E-state index in [1.54, 1.807) is 6.07 Å². The highest BCUT2D eigenvalue weighted by Crippen LogP contribution is 2.21. The average Bonchev–Trinajstić information content (AvgIpc) is 2.29. The maximum atomic E-state index is 12.9. The van der Waals surface area contributed by atoms with Gasteiger partial charge in [0, 0.05) is 23.1 Å². The minimum Gasteiger partial charge on any atom is -0.357 e. The van der Waals surface area contributed by atoms with Crippen LogP contribution >= 0.6 is 15.9 Å². The Morgan fingerprint density at radius 1 is 1.25 bits per heavy atom. The largest absolute Gasteiger partial charge is 0.357 e. The molecule has 1 heterocycles. The van der Waals surface area contributed by atoms with E-state index >= 15 is 0 Å². The molecular weight excluding hydrogens is 271 g/mol. The first-order valence-corrected chi connectivity index (χ1v) is 6.27. The van der Waals surface area contributed by atoms with E-state index in [0.29, 0.717) is 10.3 Å². The molecule has 1 aliphatic heterocycles. The van der Waals surface area contributed by atoms with Gasteiger partial charge in [0.15, 0.2) is 0 Å². The fourth-order valence-corrected chi connectivity index (χ4v) is 2.51. The van der Waals surface area contributed by atoms with Crippen LogP contribution in [0.4, 0.5) is 4.39 Å². The standard InChI is InChI=1S/C12H14BrFN2/c13-11-8-9(14)4-5-10(11)12(15)16-6-2-1-3-7-16/h4-5,8,15H,1-3,6-7H2. The molecular formula is C12H14BrFN2. The summed E-state index contributed by atoms with van der Waals surface area (Å²) < 4.78 is 13.6. The summed E-state index contributed by atoms with van der Waals surface area (Å²) in [6.45, 7) is 1.87. The zero-order chi connectivity index (χ0) is 11.5. The summed E-state index contributed by atoms with van der Waals surface area (Å²) >= 11 is 3.31. The summed E-state index contributed by atoms with van der Waals surface area (Å²) in [7, 11) is 0. The van der Waals surface area contributed by atoms with E-state index in [9.17, 15) is 4.39 Å². The molecule has 4 heteroatoms. The molecule has 0 unspecified atom stereocenters. The quantitative estimate of drug-likeness (QED) is 0.621. The van der Waals surface area contributed by atoms with Crippen LogP contribution in [0.15, 0.2) is 22.7 Å². The molecule has 2 nitrogen and oxygen atoms in total. The first kappa shape index (κ1) is 11.6. The van der Waals surface area contributed by atoms with Crippen molar-refractivity contribution in [3.05, 3.63) is 34.1 Å². The number of benzene rings is 1. The highest BCUT2D eigenvalue weighted by molar-refractivity contribution is 9.10. The molecule has 1 aromatic rings. The topological polar surface area (TPSA) is 27.1 Å². The summed E-state index contributed by atoms with van der Waals surface area (Å²) in [6.07, 6.45) is 3.52. The van der Waals surface area contributed by atoms with Gasteiger partial charge in [0.1, 0.15) is 11.7 Å². The molecule has 1 N–H and O–H groups in total. The SMILES string of the molecule is N=C(c1ccc(F)cc1Br)N1CCCCC1. The van der Waals surface area contributed by atoms with Crippen LogP contribution in [0.25, 0.3) is 0 Å². The number of amidine groups is 1. The van der Waals surface area contributed by atoms with Crippen molar-refractivity contribution in [3.63, 3.8) is 0 Å². The van der Waals surface area contributed by atoms with Gasteiger partial charge < -0.3 is 4.90 Å². The second-order valence-electron chi connectivity index (χ2n) is 4.02. The first-order valence-electron chi connectivity index (χ1n) is 5.47. The van der Waals surface area contributed by atoms with Crippen molar-refractivity contribution in [1.82, 2.24) is 4.90 Å². The van der Waals surface area contributed by atoms with Crippen molar-refractivity contribution >= 4 is 21.8 Å². The Morgan fingerprint density at radius 2 is 1.94 bits per heavy atom. The van der Waals surface area contributed by atoms with Crippen molar-refractivity contribution in [2.45, 2.75) is 19.3 Å². The van der Waals surface area contributed by atoms with Gasteiger partial charge in [0.25, 0.3) is 0 Å². The summed E-state index contributed by atoms with van der Waals surface area (Å²) in [4.78, 5) is 2.06. The Morgan fingerprint density at radius 3 is 2.56 bits per heavy atom. The van der Waals surface area contributed by atoms with Gasteiger partial charge in [-0.15, -0.1) is 0 Å². The number of likely N-dealkylation sites (tertiary alicyclic amines) is 1. The molecule has 0 spiro atoms. The Hall–Kier alpha value is -0.900. The third kappa shape index (κ3) is 2.43. The molecule has 0 saturated carbocycles. The van der Waals surface area contributed by atoms with Crippen LogP contribution in [0.5, 0.6) is 0 Å². The number of piperidine rings is 1. The van der Waals surface area contributed by atoms with E-state index in [-0.39, 0.29) is 5.82 Å². The minimum atomic E-state index is -0.276. The van der Waals surface area contributed by atoms with E-state index in [1.807, 2.05) is 0 Å². The van der Waals surface area contributed by atoms with E-state index in [4.69, 9.17) is 5.41 Å². The van der Waals surface area contributed by atoms with Crippen LogP contribution in [-0.2, 0) is 0 Å². The predicted molar refractivity (Wildman–Crippen MR) is 66.4 cm³/mol. The van der Waals surface area contributed by atoms with Gasteiger partial charge in [-0.3, -0.25) is 5.41 Å². The van der Waals surface area contributed by atoms with Crippen molar-refractivity contribution in [1.29, 1.82) is 5.41 Å².